The van der Waals surface area contributed by atoms with Crippen LogP contribution in [0.1, 0.15) is 28.2 Å². The van der Waals surface area contributed by atoms with Gasteiger partial charge >= 0.3 is 5.97 Å². The molecule has 5 nitrogen and oxygen atoms in total. The van der Waals surface area contributed by atoms with E-state index in [0.29, 0.717) is 5.92 Å². The maximum Gasteiger partial charge on any atom is 0.354 e. The molecule has 0 spiro atoms. The van der Waals surface area contributed by atoms with Crippen molar-refractivity contribution in [3.05, 3.63) is 23.3 Å². The first-order valence-corrected chi connectivity index (χ1v) is 5.41. The lowest BCUT2D eigenvalue weighted by Crippen LogP contribution is -2.22. The van der Waals surface area contributed by atoms with E-state index in [1.807, 2.05) is 0 Å². The minimum absolute atomic E-state index is 0.0945. The molecule has 2 N–H and O–H groups in total. The molecule has 1 aromatic heterocycles. The smallest absolute Gasteiger partial charge is 0.354 e. The third-order valence-electron chi connectivity index (χ3n) is 3.82. The van der Waals surface area contributed by atoms with E-state index in [4.69, 9.17) is 5.11 Å². The Labute approximate surface area is 92.9 Å². The summed E-state index contributed by atoms with van der Waals surface area (Å²) >= 11 is 0. The van der Waals surface area contributed by atoms with Gasteiger partial charge in [-0.2, -0.15) is 0 Å². The highest BCUT2D eigenvalue weighted by Gasteiger charge is 2.59. The average Bonchev–Trinajstić information content (AvgIpc) is 2.81. The van der Waals surface area contributed by atoms with E-state index in [0.717, 1.165) is 30.8 Å². The van der Waals surface area contributed by atoms with Gasteiger partial charge in [-0.1, -0.05) is 0 Å². The summed E-state index contributed by atoms with van der Waals surface area (Å²) in [5.41, 5.74) is 1.88. The van der Waals surface area contributed by atoms with Crippen LogP contribution in [0, 0.1) is 12.8 Å². The van der Waals surface area contributed by atoms with Crippen molar-refractivity contribution in [2.75, 3.05) is 13.1 Å². The van der Waals surface area contributed by atoms with Gasteiger partial charge in [-0.3, -0.25) is 0 Å². The highest BCUT2D eigenvalue weighted by atomic mass is 16.4. The molecule has 0 bridgehead atoms. The summed E-state index contributed by atoms with van der Waals surface area (Å²) in [4.78, 5) is 19.1. The second kappa shape index (κ2) is 3.01. The number of hydrogen-bond donors (Lipinski definition) is 2. The minimum atomic E-state index is -0.972. The van der Waals surface area contributed by atoms with Gasteiger partial charge in [0.15, 0.2) is 5.69 Å². The molecule has 84 valence electrons. The molecule has 2 atom stereocenters. The van der Waals surface area contributed by atoms with Gasteiger partial charge in [0.25, 0.3) is 0 Å². The zero-order valence-electron chi connectivity index (χ0n) is 9.03. The molecule has 2 aliphatic rings. The Morgan fingerprint density at radius 1 is 1.62 bits per heavy atom. The minimum Gasteiger partial charge on any atom is -0.477 e. The van der Waals surface area contributed by atoms with Gasteiger partial charge in [0.2, 0.25) is 0 Å². The molecular formula is C11H13N3O2. The summed E-state index contributed by atoms with van der Waals surface area (Å²) in [7, 11) is 0. The van der Waals surface area contributed by atoms with Crippen LogP contribution in [-0.2, 0) is 5.41 Å². The number of piperidine rings is 1. The van der Waals surface area contributed by atoms with Crippen LogP contribution in [0.2, 0.25) is 0 Å². The molecule has 1 aliphatic heterocycles. The number of rotatable bonds is 2. The van der Waals surface area contributed by atoms with E-state index >= 15 is 0 Å². The predicted molar refractivity (Wildman–Crippen MR) is 56.4 cm³/mol. The fraction of sp³-hybridized carbons (Fsp3) is 0.545. The third kappa shape index (κ3) is 1.12. The van der Waals surface area contributed by atoms with Gasteiger partial charge in [-0.25, -0.2) is 14.8 Å². The van der Waals surface area contributed by atoms with Crippen LogP contribution >= 0.6 is 0 Å². The molecule has 2 unspecified atom stereocenters. The maximum absolute atomic E-state index is 11.0. The Morgan fingerprint density at radius 2 is 2.44 bits per heavy atom. The van der Waals surface area contributed by atoms with E-state index < -0.39 is 5.97 Å². The number of carboxylic acid groups (broad SMARTS) is 1. The number of fused-ring (bicyclic) bond motifs is 1. The fourth-order valence-corrected chi connectivity index (χ4v) is 2.88. The van der Waals surface area contributed by atoms with Gasteiger partial charge in [0.05, 0.1) is 5.69 Å². The van der Waals surface area contributed by atoms with Crippen LogP contribution < -0.4 is 5.32 Å². The van der Waals surface area contributed by atoms with Crippen LogP contribution in [0.15, 0.2) is 6.33 Å². The first-order chi connectivity index (χ1) is 7.65. The average molecular weight is 219 g/mol. The second-order valence-corrected chi connectivity index (χ2v) is 4.69. The van der Waals surface area contributed by atoms with E-state index in [9.17, 15) is 4.79 Å². The van der Waals surface area contributed by atoms with Crippen LogP contribution in [0.5, 0.6) is 0 Å². The topological polar surface area (TPSA) is 75.1 Å². The summed E-state index contributed by atoms with van der Waals surface area (Å²) in [6.45, 7) is 3.74. The summed E-state index contributed by atoms with van der Waals surface area (Å²) in [6.07, 6.45) is 2.49. The molecule has 1 aliphatic carbocycles. The largest absolute Gasteiger partial charge is 0.477 e. The summed E-state index contributed by atoms with van der Waals surface area (Å²) in [5.74, 6) is -0.344. The maximum atomic E-state index is 11.0. The van der Waals surface area contributed by atoms with E-state index in [1.165, 1.54) is 6.33 Å². The highest BCUT2D eigenvalue weighted by molar-refractivity contribution is 5.87. The van der Waals surface area contributed by atoms with E-state index in [1.54, 1.807) is 6.92 Å². The van der Waals surface area contributed by atoms with Gasteiger partial charge in [0.1, 0.15) is 6.33 Å². The van der Waals surface area contributed by atoms with E-state index in [2.05, 4.69) is 15.3 Å². The molecule has 16 heavy (non-hydrogen) atoms. The van der Waals surface area contributed by atoms with Crippen molar-refractivity contribution < 1.29 is 9.90 Å². The molecule has 2 heterocycles. The quantitative estimate of drug-likeness (QED) is 0.750. The molecule has 1 saturated carbocycles. The van der Waals surface area contributed by atoms with Crippen LogP contribution in [0.25, 0.3) is 0 Å². The summed E-state index contributed by atoms with van der Waals surface area (Å²) in [6, 6.07) is 0. The first-order valence-electron chi connectivity index (χ1n) is 5.41. The number of aromatic nitrogens is 2. The number of carbonyl (C=O) groups is 1. The Bertz CT molecular complexity index is 474. The zero-order valence-corrected chi connectivity index (χ0v) is 9.03. The van der Waals surface area contributed by atoms with Crippen molar-refractivity contribution in [1.29, 1.82) is 0 Å². The Hall–Kier alpha value is -1.49. The van der Waals surface area contributed by atoms with Crippen molar-refractivity contribution in [2.45, 2.75) is 18.8 Å². The number of aromatic carboxylic acids is 1. The molecule has 5 heteroatoms. The van der Waals surface area contributed by atoms with Crippen molar-refractivity contribution >= 4 is 5.97 Å². The second-order valence-electron chi connectivity index (χ2n) is 4.69. The van der Waals surface area contributed by atoms with Gasteiger partial charge in [-0.05, 0) is 25.8 Å². The first kappa shape index (κ1) is 9.72. The van der Waals surface area contributed by atoms with Gasteiger partial charge in [0, 0.05) is 17.5 Å². The molecule has 1 aromatic rings. The SMILES string of the molecule is Cc1c(C(=O)O)ncnc1C12CNCC1C2. The fourth-order valence-electron chi connectivity index (χ4n) is 2.88. The molecule has 2 fully saturated rings. The van der Waals surface area contributed by atoms with Gasteiger partial charge < -0.3 is 10.4 Å². The number of nitrogens with zero attached hydrogens (tertiary/aromatic N) is 2. The molecule has 3 rings (SSSR count). The van der Waals surface area contributed by atoms with Gasteiger partial charge in [-0.15, -0.1) is 0 Å². The number of carboxylic acids is 1. The van der Waals surface area contributed by atoms with Crippen molar-refractivity contribution in [3.63, 3.8) is 0 Å². The number of hydrogen-bond acceptors (Lipinski definition) is 4. The lowest BCUT2D eigenvalue weighted by Gasteiger charge is -2.14. The Balaban J connectivity index is 2.09. The zero-order chi connectivity index (χ0) is 11.3. The Kier molecular flexibility index (Phi) is 1.83. The normalized spacial score (nSPS) is 31.2. The molecule has 0 radical (unpaired) electrons. The van der Waals surface area contributed by atoms with Crippen molar-refractivity contribution in [3.8, 4) is 0 Å². The molecule has 1 saturated heterocycles. The van der Waals surface area contributed by atoms with Crippen LogP contribution in [0.3, 0.4) is 0 Å². The standard InChI is InChI=1S/C11H13N3O2/c1-6-8(10(15)16)13-5-14-9(6)11-2-7(11)3-12-4-11/h5,7,12H,2-4H2,1H3,(H,15,16). The van der Waals surface area contributed by atoms with E-state index in [-0.39, 0.29) is 11.1 Å². The van der Waals surface area contributed by atoms with Crippen molar-refractivity contribution in [1.82, 2.24) is 15.3 Å². The lowest BCUT2D eigenvalue weighted by molar-refractivity contribution is 0.0689. The van der Waals surface area contributed by atoms with Crippen LogP contribution in [-0.4, -0.2) is 34.1 Å². The van der Waals surface area contributed by atoms with Crippen molar-refractivity contribution in [2.24, 2.45) is 5.92 Å². The lowest BCUT2D eigenvalue weighted by atomic mass is 9.96. The summed E-state index contributed by atoms with van der Waals surface area (Å²) in [5, 5.41) is 12.4. The molecular weight excluding hydrogens is 206 g/mol. The molecule has 0 aromatic carbocycles. The molecule has 0 amide bonds. The third-order valence-corrected chi connectivity index (χ3v) is 3.82. The monoisotopic (exact) mass is 219 g/mol. The van der Waals surface area contributed by atoms with Crippen LogP contribution in [0.4, 0.5) is 0 Å². The summed E-state index contributed by atoms with van der Waals surface area (Å²) < 4.78 is 0. The highest BCUT2D eigenvalue weighted by Crippen LogP contribution is 2.56. The predicted octanol–water partition coefficient (Wildman–Crippen LogP) is 0.344. The Morgan fingerprint density at radius 3 is 3.00 bits per heavy atom. The number of nitrogens with one attached hydrogen (secondary N) is 1.